The lowest BCUT2D eigenvalue weighted by Gasteiger charge is -2.36. The molecule has 5 N–H and O–H groups in total. The van der Waals surface area contributed by atoms with Gasteiger partial charge in [-0.2, -0.15) is 13.1 Å². The van der Waals surface area contributed by atoms with Crippen LogP contribution in [0.5, 0.6) is 0 Å². The highest BCUT2D eigenvalue weighted by molar-refractivity contribution is 7.88. The van der Waals surface area contributed by atoms with E-state index in [1.54, 1.807) is 30.3 Å². The molecule has 1 aromatic rings. The normalized spacial score (nSPS) is 20.0. The summed E-state index contributed by atoms with van der Waals surface area (Å²) in [6, 6.07) is 8.21. The predicted octanol–water partition coefficient (Wildman–Crippen LogP) is 3.94. The van der Waals surface area contributed by atoms with Gasteiger partial charge >= 0.3 is 22.4 Å². The molecule has 1 aromatic carbocycles. The fraction of sp³-hybridized carbons (Fsp3) is 0.656. The molecule has 0 radical (unpaired) electrons. The smallest absolute Gasteiger partial charge is 0.421 e. The van der Waals surface area contributed by atoms with Gasteiger partial charge in [0.1, 0.15) is 6.61 Å². The van der Waals surface area contributed by atoms with E-state index in [9.17, 15) is 27.6 Å². The number of ether oxygens (including phenoxy) is 2. The average molecular weight is 679 g/mol. The first-order valence-corrected chi connectivity index (χ1v) is 20.5. The van der Waals surface area contributed by atoms with E-state index in [0.717, 1.165) is 25.7 Å². The third-order valence-electron chi connectivity index (χ3n) is 9.18. The van der Waals surface area contributed by atoms with Gasteiger partial charge in [-0.25, -0.2) is 14.3 Å². The summed E-state index contributed by atoms with van der Waals surface area (Å²) >= 11 is 0. The van der Waals surface area contributed by atoms with Crippen LogP contribution in [0.4, 0.5) is 9.59 Å². The average Bonchev–Trinajstić information content (AvgIpc) is 3.62. The quantitative estimate of drug-likeness (QED) is 0.0937. The van der Waals surface area contributed by atoms with Crippen LogP contribution in [0.3, 0.4) is 0 Å². The summed E-state index contributed by atoms with van der Waals surface area (Å²) in [5, 5.41) is 5.16. The number of amides is 3. The van der Waals surface area contributed by atoms with E-state index >= 15 is 0 Å². The second kappa shape index (κ2) is 17.1. The standard InChI is InChI=1S/C32H50N4O8SSi/c1-32(2,46(3,4)42)19-18-25(22-43-31(39)36-45(40,41)34-21-24-13-8-7-9-14-24)35-29(37)17-12-20-33-30(38)44-23-28-26-15-10-5-6-11-16-27(26)28/h7-9,13-14,25-28,34,42H,10-12,15-23H2,1-4H3,(H,33,38)(H,35,37)(H,36,39)/t25-,26-,27+,28?/m0/s1. The van der Waals surface area contributed by atoms with Gasteiger partial charge in [0.25, 0.3) is 0 Å². The van der Waals surface area contributed by atoms with Crippen molar-refractivity contribution in [2.75, 3.05) is 19.8 Å². The molecule has 3 rings (SSSR count). The van der Waals surface area contributed by atoms with Gasteiger partial charge < -0.3 is 24.9 Å². The molecule has 14 heteroatoms. The maximum Gasteiger partial charge on any atom is 0.421 e. The van der Waals surface area contributed by atoms with Crippen LogP contribution in [-0.2, 0) is 31.0 Å². The van der Waals surface area contributed by atoms with Crippen LogP contribution in [-0.4, -0.2) is 65.4 Å². The van der Waals surface area contributed by atoms with Crippen molar-refractivity contribution in [2.45, 2.75) is 95.9 Å². The number of rotatable bonds is 17. The van der Waals surface area contributed by atoms with Crippen molar-refractivity contribution in [2.24, 2.45) is 17.8 Å². The van der Waals surface area contributed by atoms with Crippen LogP contribution in [0.1, 0.15) is 70.8 Å². The maximum absolute atomic E-state index is 12.8. The summed E-state index contributed by atoms with van der Waals surface area (Å²) in [5.41, 5.74) is 0.714. The van der Waals surface area contributed by atoms with Crippen molar-refractivity contribution in [1.29, 1.82) is 0 Å². The lowest BCUT2D eigenvalue weighted by Crippen LogP contribution is -2.44. The van der Waals surface area contributed by atoms with Crippen LogP contribution < -0.4 is 20.1 Å². The van der Waals surface area contributed by atoms with Crippen molar-refractivity contribution < 1.29 is 37.1 Å². The fourth-order valence-corrected chi connectivity index (χ4v) is 6.87. The van der Waals surface area contributed by atoms with E-state index in [2.05, 4.69) is 27.2 Å². The van der Waals surface area contributed by atoms with Gasteiger partial charge in [-0.05, 0) is 73.6 Å². The Kier molecular flexibility index (Phi) is 13.9. The SMILES string of the molecule is CC(C)(CC[C@@H](COC(=O)NS(=O)(=O)NCc1ccccc1)NC(=O)CCCNC(=O)OCC1[C@H]2CCC#CCC[C@@H]12)[Si](C)(C)O. The number of alkyl carbamates (subject to hydrolysis) is 1. The van der Waals surface area contributed by atoms with Gasteiger partial charge in [0.05, 0.1) is 12.6 Å². The maximum atomic E-state index is 12.8. The number of benzene rings is 1. The summed E-state index contributed by atoms with van der Waals surface area (Å²) in [4.78, 5) is 48.0. The molecule has 0 saturated heterocycles. The van der Waals surface area contributed by atoms with E-state index < -0.39 is 41.8 Å². The highest BCUT2D eigenvalue weighted by atomic mass is 32.2. The Morgan fingerprint density at radius 2 is 1.70 bits per heavy atom. The molecule has 256 valence electrons. The molecule has 1 saturated carbocycles. The minimum absolute atomic E-state index is 0.0120. The van der Waals surface area contributed by atoms with Gasteiger partial charge in [0.2, 0.25) is 5.91 Å². The summed E-state index contributed by atoms with van der Waals surface area (Å²) < 4.78 is 39.3. The Balaban J connectivity index is 1.40. The highest BCUT2D eigenvalue weighted by Gasteiger charge is 2.49. The largest absolute Gasteiger partial charge is 0.449 e. The molecule has 4 atom stereocenters. The highest BCUT2D eigenvalue weighted by Crippen LogP contribution is 2.52. The first-order valence-electron chi connectivity index (χ1n) is 16.0. The molecule has 1 unspecified atom stereocenters. The minimum Gasteiger partial charge on any atom is -0.449 e. The molecule has 12 nitrogen and oxygen atoms in total. The number of hydrogen-bond acceptors (Lipinski definition) is 8. The van der Waals surface area contributed by atoms with Gasteiger partial charge in [-0.15, -0.1) is 11.8 Å². The van der Waals surface area contributed by atoms with Gasteiger partial charge in [0, 0.05) is 32.4 Å². The number of carbonyl (C=O) groups excluding carboxylic acids is 3. The Morgan fingerprint density at radius 3 is 2.33 bits per heavy atom. The molecule has 1 fully saturated rings. The summed E-state index contributed by atoms with van der Waals surface area (Å²) in [5.74, 6) is 7.61. The topological polar surface area (TPSA) is 172 Å². The van der Waals surface area contributed by atoms with Gasteiger partial charge in [0.15, 0.2) is 8.32 Å². The lowest BCUT2D eigenvalue weighted by molar-refractivity contribution is -0.122. The molecule has 46 heavy (non-hydrogen) atoms. The third kappa shape index (κ3) is 12.9. The number of fused-ring (bicyclic) bond motifs is 1. The van der Waals surface area contributed by atoms with Crippen LogP contribution in [0, 0.1) is 29.6 Å². The third-order valence-corrected chi connectivity index (χ3v) is 13.7. The summed E-state index contributed by atoms with van der Waals surface area (Å²) in [6.45, 7) is 7.95. The second-order valence-corrected chi connectivity index (χ2v) is 19.3. The van der Waals surface area contributed by atoms with Crippen LogP contribution >= 0.6 is 0 Å². The predicted molar refractivity (Wildman–Crippen MR) is 177 cm³/mol. The lowest BCUT2D eigenvalue weighted by atomic mass is 10.0. The first-order chi connectivity index (χ1) is 21.7. The second-order valence-electron chi connectivity index (χ2n) is 13.3. The monoisotopic (exact) mass is 678 g/mol. The molecular formula is C32H50N4O8SSi. The van der Waals surface area contributed by atoms with Crippen molar-refractivity contribution >= 4 is 36.6 Å². The first kappa shape index (κ1) is 37.3. The molecule has 3 amide bonds. The number of carbonyl (C=O) groups is 3. The van der Waals surface area contributed by atoms with Gasteiger partial charge in [-0.3, -0.25) is 4.79 Å². The van der Waals surface area contributed by atoms with E-state index in [4.69, 9.17) is 9.47 Å². The van der Waals surface area contributed by atoms with Crippen molar-refractivity contribution in [3.63, 3.8) is 0 Å². The Morgan fingerprint density at radius 1 is 1.04 bits per heavy atom. The van der Waals surface area contributed by atoms with Crippen LogP contribution in [0.2, 0.25) is 18.1 Å². The van der Waals surface area contributed by atoms with Crippen LogP contribution in [0.25, 0.3) is 0 Å². The molecule has 0 spiro atoms. The molecule has 0 aliphatic heterocycles. The zero-order valence-corrected chi connectivity index (χ0v) is 29.2. The van der Waals surface area contributed by atoms with E-state index in [1.807, 2.05) is 31.7 Å². The summed E-state index contributed by atoms with van der Waals surface area (Å²) in [7, 11) is -6.72. The molecule has 0 aromatic heterocycles. The van der Waals surface area contributed by atoms with Crippen molar-refractivity contribution in [1.82, 2.24) is 20.1 Å². The van der Waals surface area contributed by atoms with E-state index in [1.165, 1.54) is 0 Å². The molecule has 2 aliphatic rings. The Labute approximate surface area is 274 Å². The van der Waals surface area contributed by atoms with Crippen LogP contribution in [0.15, 0.2) is 30.3 Å². The Bertz CT molecular complexity index is 1320. The zero-order chi connectivity index (χ0) is 33.8. The van der Waals surface area contributed by atoms with E-state index in [-0.39, 0.29) is 32.0 Å². The van der Waals surface area contributed by atoms with Crippen molar-refractivity contribution in [3.8, 4) is 11.8 Å². The van der Waals surface area contributed by atoms with E-state index in [0.29, 0.717) is 49.2 Å². The fourth-order valence-electron chi connectivity index (χ4n) is 5.41. The number of nitrogens with one attached hydrogen (secondary N) is 4. The zero-order valence-electron chi connectivity index (χ0n) is 27.4. The summed E-state index contributed by atoms with van der Waals surface area (Å²) in [6.07, 6.45) is 3.65. The molecule has 0 heterocycles. The Hall–Kier alpha value is -3.12. The minimum atomic E-state index is -4.18. The molecule has 0 bridgehead atoms. The van der Waals surface area contributed by atoms with Crippen molar-refractivity contribution in [3.05, 3.63) is 35.9 Å². The number of hydrogen-bond donors (Lipinski definition) is 5. The molecule has 2 aliphatic carbocycles. The van der Waals surface area contributed by atoms with Gasteiger partial charge in [-0.1, -0.05) is 44.2 Å². The molecular weight excluding hydrogens is 629 g/mol.